The Morgan fingerprint density at radius 3 is 2.65 bits per heavy atom. The number of Topliss-reactive ketones (excluding diaryl/α,β-unsaturated/α-hetero) is 1. The zero-order chi connectivity index (χ0) is 11.8. The molecule has 0 bridgehead atoms. The average Bonchev–Trinajstić information content (AvgIpc) is 2.98. The third kappa shape index (κ3) is 1.89. The van der Waals surface area contributed by atoms with Crippen LogP contribution in [0.25, 0.3) is 5.57 Å². The number of rotatable bonds is 2. The lowest BCUT2D eigenvalue weighted by atomic mass is 9.93. The zero-order valence-electron chi connectivity index (χ0n) is 10.3. The van der Waals surface area contributed by atoms with Crippen molar-refractivity contribution in [3.8, 4) is 0 Å². The van der Waals surface area contributed by atoms with Crippen molar-refractivity contribution in [1.29, 1.82) is 0 Å². The minimum absolute atomic E-state index is 0.387. The van der Waals surface area contributed by atoms with Gasteiger partial charge in [-0.25, -0.2) is 0 Å². The first-order valence-corrected chi connectivity index (χ1v) is 7.46. The second-order valence-electron chi connectivity index (χ2n) is 5.24. The predicted molar refractivity (Wildman–Crippen MR) is 72.2 cm³/mol. The molecule has 0 amide bonds. The van der Waals surface area contributed by atoms with Crippen molar-refractivity contribution in [2.45, 2.75) is 45.4 Å². The summed E-state index contributed by atoms with van der Waals surface area (Å²) in [5, 5.41) is 2.11. The molecule has 1 fully saturated rings. The third-order valence-corrected chi connectivity index (χ3v) is 5.19. The number of hydrogen-bond donors (Lipinski definition) is 0. The molecule has 0 spiro atoms. The molecule has 0 atom stereocenters. The lowest BCUT2D eigenvalue weighted by Gasteiger charge is -2.13. The first-order chi connectivity index (χ1) is 8.27. The van der Waals surface area contributed by atoms with Gasteiger partial charge in [0.15, 0.2) is 5.78 Å². The Kier molecular flexibility index (Phi) is 2.91. The van der Waals surface area contributed by atoms with E-state index < -0.39 is 0 Å². The number of carbonyl (C=O) groups is 1. The van der Waals surface area contributed by atoms with Gasteiger partial charge in [0.1, 0.15) is 0 Å². The smallest absolute Gasteiger partial charge is 0.164 e. The predicted octanol–water partition coefficient (Wildman–Crippen LogP) is 4.36. The van der Waals surface area contributed by atoms with E-state index in [2.05, 4.69) is 18.4 Å². The Morgan fingerprint density at radius 1 is 1.24 bits per heavy atom. The molecule has 0 radical (unpaired) electrons. The molecule has 0 aliphatic heterocycles. The molecule has 0 aromatic carbocycles. The fourth-order valence-electron chi connectivity index (χ4n) is 3.26. The van der Waals surface area contributed by atoms with E-state index in [1.807, 2.05) is 0 Å². The maximum Gasteiger partial charge on any atom is 0.164 e. The Bertz CT molecular complexity index is 475. The highest BCUT2D eigenvalue weighted by Crippen LogP contribution is 2.43. The van der Waals surface area contributed by atoms with E-state index in [9.17, 15) is 4.79 Å². The fourth-order valence-corrected chi connectivity index (χ4v) is 4.29. The Balaban J connectivity index is 2.05. The first-order valence-electron chi connectivity index (χ1n) is 6.58. The van der Waals surface area contributed by atoms with Gasteiger partial charge in [-0.05, 0) is 49.1 Å². The van der Waals surface area contributed by atoms with Crippen LogP contribution in [0.5, 0.6) is 0 Å². The van der Waals surface area contributed by atoms with Gasteiger partial charge in [0, 0.05) is 16.9 Å². The third-order valence-electron chi connectivity index (χ3n) is 4.16. The normalized spacial score (nSPS) is 21.8. The van der Waals surface area contributed by atoms with Crippen molar-refractivity contribution in [3.63, 3.8) is 0 Å². The summed E-state index contributed by atoms with van der Waals surface area (Å²) in [5.41, 5.74) is 3.86. The summed E-state index contributed by atoms with van der Waals surface area (Å²) in [6.45, 7) is 2.12. The van der Waals surface area contributed by atoms with Crippen molar-refractivity contribution >= 4 is 22.7 Å². The molecule has 17 heavy (non-hydrogen) atoms. The van der Waals surface area contributed by atoms with Crippen molar-refractivity contribution in [2.75, 3.05) is 0 Å². The summed E-state index contributed by atoms with van der Waals surface area (Å²) in [4.78, 5) is 13.4. The largest absolute Gasteiger partial charge is 0.294 e. The summed E-state index contributed by atoms with van der Waals surface area (Å²) in [7, 11) is 0. The van der Waals surface area contributed by atoms with Crippen LogP contribution in [-0.2, 0) is 4.79 Å². The van der Waals surface area contributed by atoms with Gasteiger partial charge in [-0.15, -0.1) is 11.3 Å². The van der Waals surface area contributed by atoms with Crippen molar-refractivity contribution in [1.82, 2.24) is 0 Å². The summed E-state index contributed by atoms with van der Waals surface area (Å²) in [5.74, 6) is 1.09. The molecule has 3 rings (SSSR count). The molecule has 1 nitrogen and oxygen atoms in total. The van der Waals surface area contributed by atoms with Crippen molar-refractivity contribution < 1.29 is 4.79 Å². The second-order valence-corrected chi connectivity index (χ2v) is 6.15. The summed E-state index contributed by atoms with van der Waals surface area (Å²) in [6.07, 6.45) is 7.07. The van der Waals surface area contributed by atoms with Crippen LogP contribution < -0.4 is 0 Å². The standard InChI is InChI=1S/C15H18OS/c1-10-8-9-17-15(10)14-12(6-7-13(14)16)11-4-2-3-5-11/h8-9,11H,2-7H2,1H3. The minimum Gasteiger partial charge on any atom is -0.294 e. The topological polar surface area (TPSA) is 17.1 Å². The molecular formula is C15H18OS. The SMILES string of the molecule is Cc1ccsc1C1=C(C2CCCC2)CCC1=O. The first kappa shape index (κ1) is 11.2. The quantitative estimate of drug-likeness (QED) is 0.757. The van der Waals surface area contributed by atoms with Gasteiger partial charge < -0.3 is 0 Å². The van der Waals surface area contributed by atoms with Crippen LogP contribution in [0.3, 0.4) is 0 Å². The van der Waals surface area contributed by atoms with Crippen LogP contribution in [0.15, 0.2) is 17.0 Å². The van der Waals surface area contributed by atoms with E-state index in [1.54, 1.807) is 11.3 Å². The number of carbonyl (C=O) groups excluding carboxylic acids is 1. The second kappa shape index (κ2) is 4.41. The summed E-state index contributed by atoms with van der Waals surface area (Å²) >= 11 is 1.73. The summed E-state index contributed by atoms with van der Waals surface area (Å²) < 4.78 is 0. The molecule has 0 unspecified atom stereocenters. The van der Waals surface area contributed by atoms with Gasteiger partial charge in [0.25, 0.3) is 0 Å². The van der Waals surface area contributed by atoms with Crippen LogP contribution in [0.2, 0.25) is 0 Å². The number of ketones is 1. The van der Waals surface area contributed by atoms with E-state index in [0.29, 0.717) is 11.7 Å². The lowest BCUT2D eigenvalue weighted by Crippen LogP contribution is -2.00. The molecule has 1 heterocycles. The van der Waals surface area contributed by atoms with Gasteiger partial charge in [-0.2, -0.15) is 0 Å². The van der Waals surface area contributed by atoms with E-state index in [4.69, 9.17) is 0 Å². The van der Waals surface area contributed by atoms with E-state index in [0.717, 1.165) is 18.4 Å². The maximum absolute atomic E-state index is 12.1. The van der Waals surface area contributed by atoms with Gasteiger partial charge in [0.2, 0.25) is 0 Å². The Hall–Kier alpha value is -0.890. The molecule has 1 aromatic rings. The highest BCUT2D eigenvalue weighted by molar-refractivity contribution is 7.11. The molecule has 2 aliphatic rings. The molecule has 1 aromatic heterocycles. The molecule has 2 heteroatoms. The van der Waals surface area contributed by atoms with Crippen molar-refractivity contribution in [2.24, 2.45) is 5.92 Å². The molecule has 0 N–H and O–H groups in total. The average molecular weight is 246 g/mol. The molecule has 2 aliphatic carbocycles. The highest BCUT2D eigenvalue weighted by atomic mass is 32.1. The molecular weight excluding hydrogens is 228 g/mol. The monoisotopic (exact) mass is 246 g/mol. The van der Waals surface area contributed by atoms with E-state index >= 15 is 0 Å². The van der Waals surface area contributed by atoms with Gasteiger partial charge >= 0.3 is 0 Å². The van der Waals surface area contributed by atoms with Crippen LogP contribution >= 0.6 is 11.3 Å². The van der Waals surface area contributed by atoms with Crippen LogP contribution in [0.1, 0.15) is 49.0 Å². The highest BCUT2D eigenvalue weighted by Gasteiger charge is 2.31. The van der Waals surface area contributed by atoms with Gasteiger partial charge in [0.05, 0.1) is 0 Å². The number of allylic oxidation sites excluding steroid dienone is 2. The lowest BCUT2D eigenvalue weighted by molar-refractivity contribution is -0.113. The van der Waals surface area contributed by atoms with Crippen LogP contribution in [0.4, 0.5) is 0 Å². The molecule has 1 saturated carbocycles. The van der Waals surface area contributed by atoms with Gasteiger partial charge in [-0.3, -0.25) is 4.79 Å². The number of thiophene rings is 1. The number of hydrogen-bond acceptors (Lipinski definition) is 2. The van der Waals surface area contributed by atoms with Gasteiger partial charge in [-0.1, -0.05) is 18.4 Å². The van der Waals surface area contributed by atoms with E-state index in [-0.39, 0.29) is 0 Å². The fraction of sp³-hybridized carbons (Fsp3) is 0.533. The number of aryl methyl sites for hydroxylation is 1. The zero-order valence-corrected chi connectivity index (χ0v) is 11.1. The Labute approximate surface area is 107 Å². The maximum atomic E-state index is 12.1. The van der Waals surface area contributed by atoms with E-state index in [1.165, 1.54) is 41.7 Å². The van der Waals surface area contributed by atoms with Crippen LogP contribution in [0, 0.1) is 12.8 Å². The molecule has 90 valence electrons. The Morgan fingerprint density at radius 2 is 2.00 bits per heavy atom. The van der Waals surface area contributed by atoms with Crippen molar-refractivity contribution in [3.05, 3.63) is 27.5 Å². The van der Waals surface area contributed by atoms with Crippen LogP contribution in [-0.4, -0.2) is 5.78 Å². The molecule has 0 saturated heterocycles. The summed E-state index contributed by atoms with van der Waals surface area (Å²) in [6, 6.07) is 2.13. The minimum atomic E-state index is 0.387.